The highest BCUT2D eigenvalue weighted by Crippen LogP contribution is 2.52. The van der Waals surface area contributed by atoms with Crippen LogP contribution in [0, 0.1) is 0 Å². The third-order valence-corrected chi connectivity index (χ3v) is 25.7. The largest absolute Gasteiger partial charge is 0.277 e. The molecule has 472 valence electrons. The van der Waals surface area contributed by atoms with Crippen LogP contribution in [0.4, 0.5) is 0 Å². The Bertz CT molecular complexity index is 7800. The van der Waals surface area contributed by atoms with Crippen molar-refractivity contribution in [2.75, 3.05) is 0 Å². The Balaban J connectivity index is 0.000000126. The van der Waals surface area contributed by atoms with Gasteiger partial charge in [0.2, 0.25) is 11.9 Å². The summed E-state index contributed by atoms with van der Waals surface area (Å²) >= 11 is 7.25. The van der Waals surface area contributed by atoms with Crippen LogP contribution in [0.5, 0.6) is 0 Å². The zero-order valence-electron chi connectivity index (χ0n) is 54.2. The van der Waals surface area contributed by atoms with E-state index in [1.165, 1.54) is 152 Å². The van der Waals surface area contributed by atoms with E-state index in [0.717, 1.165) is 59.5 Å². The second-order valence-corrected chi connectivity index (χ2v) is 30.7. The van der Waals surface area contributed by atoms with Crippen LogP contribution in [-0.4, -0.2) is 29.1 Å². The first kappa shape index (κ1) is 56.6. The van der Waals surface area contributed by atoms with E-state index in [-0.39, 0.29) is 0 Å². The highest BCUT2D eigenvalue weighted by Gasteiger charge is 2.28. The summed E-state index contributed by atoms with van der Waals surface area (Å²) in [6.45, 7) is 0. The van der Waals surface area contributed by atoms with E-state index in [4.69, 9.17) is 19.9 Å². The molecule has 0 fully saturated rings. The predicted molar refractivity (Wildman–Crippen MR) is 440 cm³/mol. The molecule has 16 aromatic carbocycles. The molecule has 0 aliphatic carbocycles. The van der Waals surface area contributed by atoms with Crippen molar-refractivity contribution in [1.82, 2.24) is 29.1 Å². The molecule has 0 N–H and O–H groups in total. The lowest BCUT2D eigenvalue weighted by atomic mass is 9.94. The fraction of sp³-hybridized carbons (Fsp3) is 0. The lowest BCUT2D eigenvalue weighted by Crippen LogP contribution is -2.03. The van der Waals surface area contributed by atoms with Gasteiger partial charge in [0.25, 0.3) is 0 Å². The predicted octanol–water partition coefficient (Wildman–Crippen LogP) is 26.9. The molecule has 24 rings (SSSR count). The van der Waals surface area contributed by atoms with Crippen molar-refractivity contribution in [2.45, 2.75) is 0 Å². The number of rotatable bonds is 4. The van der Waals surface area contributed by atoms with Crippen molar-refractivity contribution >= 4 is 235 Å². The molecular formula is C92H50N6S4. The second kappa shape index (κ2) is 21.6. The summed E-state index contributed by atoms with van der Waals surface area (Å²) in [5.41, 5.74) is 8.68. The van der Waals surface area contributed by atoms with Gasteiger partial charge in [-0.3, -0.25) is 9.13 Å². The maximum absolute atomic E-state index is 5.71. The quantitative estimate of drug-likeness (QED) is 0.165. The average molecular weight is 1370 g/mol. The molecule has 0 saturated heterocycles. The molecule has 102 heavy (non-hydrogen) atoms. The third-order valence-electron chi connectivity index (χ3n) is 21.2. The number of para-hydroxylation sites is 2. The van der Waals surface area contributed by atoms with Gasteiger partial charge in [-0.1, -0.05) is 255 Å². The van der Waals surface area contributed by atoms with Crippen molar-refractivity contribution in [3.8, 4) is 34.4 Å². The molecule has 0 atom stereocenters. The molecule has 0 bridgehead atoms. The molecule has 0 aliphatic heterocycles. The number of aromatic nitrogens is 6. The summed E-state index contributed by atoms with van der Waals surface area (Å²) in [6, 6.07) is 110. The summed E-state index contributed by atoms with van der Waals surface area (Å²) in [6.07, 6.45) is 0. The molecule has 6 nitrogen and oxygen atoms in total. The molecule has 24 aromatic rings. The number of hydrogen-bond donors (Lipinski definition) is 0. The van der Waals surface area contributed by atoms with Gasteiger partial charge in [-0.2, -0.15) is 0 Å². The number of nitrogens with zero attached hydrogens (tertiary/aromatic N) is 6. The van der Waals surface area contributed by atoms with Gasteiger partial charge >= 0.3 is 0 Å². The van der Waals surface area contributed by atoms with Gasteiger partial charge < -0.3 is 0 Å². The highest BCUT2D eigenvalue weighted by molar-refractivity contribution is 7.27. The molecular weight excluding hydrogens is 1320 g/mol. The minimum absolute atomic E-state index is 0.694. The number of thiophene rings is 4. The van der Waals surface area contributed by atoms with E-state index in [9.17, 15) is 0 Å². The Labute approximate surface area is 596 Å². The van der Waals surface area contributed by atoms with E-state index in [0.29, 0.717) is 11.9 Å². The molecule has 0 saturated carbocycles. The molecule has 8 heterocycles. The molecule has 8 aromatic heterocycles. The van der Waals surface area contributed by atoms with Crippen molar-refractivity contribution in [3.63, 3.8) is 0 Å². The van der Waals surface area contributed by atoms with Crippen LogP contribution in [0.1, 0.15) is 0 Å². The van der Waals surface area contributed by atoms with Gasteiger partial charge in [0.05, 0.1) is 33.5 Å². The van der Waals surface area contributed by atoms with E-state index >= 15 is 0 Å². The minimum atomic E-state index is 0.694. The maximum atomic E-state index is 5.71. The SMILES string of the molecule is c1ccc2c(c1)cc(-c1nc(-n3c4ccccc4c4c5ccccc5c5sc6ccccc6c5c43)nc3sc4ccccc4c13)c1ccccc12.c1ccc2c(c1)ccc1cc(-c3nc(-n4c5ccccc5c5c6ccccc6c6sc7ccccc7c6c54)nc4sc5ccccc5c34)ccc12. The van der Waals surface area contributed by atoms with Crippen LogP contribution in [0.3, 0.4) is 0 Å². The van der Waals surface area contributed by atoms with Crippen LogP contribution in [-0.2, 0) is 0 Å². The highest BCUT2D eigenvalue weighted by atomic mass is 32.1. The standard InChI is InChI=1S/2C46H25N3S2/c1-2-12-29-26(11-1)21-22-27-25-28(23-24-30(27)29)42-40-34-16-6-10-20-38(34)51-45(40)48-46(47-42)49-36-18-8-5-15-33(36)39-31-13-3-4-14-32(31)44-41(43(39)49)35-17-7-9-19-37(35)50-44;1-2-14-27-26(13-1)25-35(29-16-4-3-15-28(27)29)42-40-33-20-8-12-24-38(33)51-45(40)48-46(47-42)49-36-22-10-7-19-32(36)39-30-17-5-6-18-31(30)44-41(43(39)49)34-21-9-11-23-37(34)50-44/h2*1-25H. The van der Waals surface area contributed by atoms with Gasteiger partial charge in [0.1, 0.15) is 9.66 Å². The molecule has 0 aliphatic rings. The summed E-state index contributed by atoms with van der Waals surface area (Å²) in [7, 11) is 0. The van der Waals surface area contributed by atoms with Crippen molar-refractivity contribution in [2.24, 2.45) is 0 Å². The normalized spacial score (nSPS) is 12.3. The second-order valence-electron chi connectivity index (χ2n) is 26.6. The van der Waals surface area contributed by atoms with E-state index in [2.05, 4.69) is 312 Å². The third kappa shape index (κ3) is 8.02. The van der Waals surface area contributed by atoms with E-state index < -0.39 is 0 Å². The van der Waals surface area contributed by atoms with Gasteiger partial charge in [-0.05, 0) is 102 Å². The molecule has 0 unspecified atom stereocenters. The van der Waals surface area contributed by atoms with Crippen molar-refractivity contribution < 1.29 is 0 Å². The average Bonchev–Trinajstić information content (AvgIpc) is 1.53. The molecule has 0 amide bonds. The monoisotopic (exact) mass is 1370 g/mol. The number of fused-ring (bicyclic) bond motifs is 32. The lowest BCUT2D eigenvalue weighted by Gasteiger charge is -2.14. The minimum Gasteiger partial charge on any atom is -0.277 e. The summed E-state index contributed by atoms with van der Waals surface area (Å²) < 4.78 is 12.3. The van der Waals surface area contributed by atoms with Crippen LogP contribution < -0.4 is 0 Å². The van der Waals surface area contributed by atoms with Gasteiger partial charge in [-0.15, -0.1) is 45.3 Å². The van der Waals surface area contributed by atoms with Crippen molar-refractivity contribution in [1.29, 1.82) is 0 Å². The summed E-state index contributed by atoms with van der Waals surface area (Å²) in [4.78, 5) is 24.3. The Kier molecular flexibility index (Phi) is 12.0. The first-order valence-electron chi connectivity index (χ1n) is 34.3. The summed E-state index contributed by atoms with van der Waals surface area (Å²) in [5, 5.41) is 29.5. The maximum Gasteiger partial charge on any atom is 0.236 e. The lowest BCUT2D eigenvalue weighted by molar-refractivity contribution is 1.02. The molecule has 0 radical (unpaired) electrons. The Morgan fingerprint density at radius 2 is 0.588 bits per heavy atom. The Morgan fingerprint density at radius 1 is 0.225 bits per heavy atom. The van der Waals surface area contributed by atoms with Gasteiger partial charge in [-0.25, -0.2) is 19.9 Å². The zero-order chi connectivity index (χ0) is 66.4. The smallest absolute Gasteiger partial charge is 0.236 e. The fourth-order valence-electron chi connectivity index (χ4n) is 16.9. The fourth-order valence-corrected chi connectivity index (χ4v) is 21.5. The Morgan fingerprint density at radius 3 is 1.13 bits per heavy atom. The van der Waals surface area contributed by atoms with Crippen molar-refractivity contribution in [3.05, 3.63) is 303 Å². The first-order valence-corrected chi connectivity index (χ1v) is 37.6. The molecule has 0 spiro atoms. The molecule has 10 heteroatoms. The van der Waals surface area contributed by atoms with E-state index in [1.807, 2.05) is 22.7 Å². The topological polar surface area (TPSA) is 61.4 Å². The number of benzene rings is 16. The van der Waals surface area contributed by atoms with E-state index in [1.54, 1.807) is 22.7 Å². The van der Waals surface area contributed by atoms with Crippen LogP contribution in [0.2, 0.25) is 0 Å². The summed E-state index contributed by atoms with van der Waals surface area (Å²) in [5.74, 6) is 1.39. The zero-order valence-corrected chi connectivity index (χ0v) is 57.4. The van der Waals surface area contributed by atoms with Gasteiger partial charge in [0.15, 0.2) is 0 Å². The number of hydrogen-bond acceptors (Lipinski definition) is 8. The first-order chi connectivity index (χ1) is 50.6. The van der Waals surface area contributed by atoms with Crippen LogP contribution in [0.15, 0.2) is 303 Å². The van der Waals surface area contributed by atoms with Crippen LogP contribution in [0.25, 0.3) is 224 Å². The van der Waals surface area contributed by atoms with Gasteiger partial charge in [0, 0.05) is 115 Å². The van der Waals surface area contributed by atoms with Crippen LogP contribution >= 0.6 is 45.3 Å². The Hall–Kier alpha value is -12.3.